The highest BCUT2D eigenvalue weighted by molar-refractivity contribution is 5.84. The quantitative estimate of drug-likeness (QED) is 0.657. The topological polar surface area (TPSA) is 38.8 Å². The zero-order chi connectivity index (χ0) is 19.1. The molecule has 1 saturated heterocycles. The molecule has 2 aliphatic rings. The van der Waals surface area contributed by atoms with Crippen molar-refractivity contribution in [2.45, 2.75) is 11.6 Å². The van der Waals surface area contributed by atoms with Crippen LogP contribution in [0, 0.1) is 0 Å². The van der Waals surface area contributed by atoms with Crippen LogP contribution < -0.4 is 0 Å². The lowest BCUT2D eigenvalue weighted by atomic mass is 9.78. The number of carbonyl (C=O) groups is 1. The third-order valence-corrected chi connectivity index (χ3v) is 5.90. The predicted octanol–water partition coefficient (Wildman–Crippen LogP) is 3.79. The minimum Gasteiger partial charge on any atom is -0.468 e. The summed E-state index contributed by atoms with van der Waals surface area (Å²) in [6.45, 7) is 0.683. The number of hydrogen-bond acceptors (Lipinski definition) is 4. The van der Waals surface area contributed by atoms with Crippen molar-refractivity contribution in [1.29, 1.82) is 0 Å². The number of benzene rings is 3. The summed E-state index contributed by atoms with van der Waals surface area (Å²) in [5.74, 6) is -0.269. The third kappa shape index (κ3) is 2.22. The first-order chi connectivity index (χ1) is 13.8. The number of fused-ring (bicyclic) bond motifs is 3. The van der Waals surface area contributed by atoms with Crippen LogP contribution in [0.25, 0.3) is 11.1 Å². The summed E-state index contributed by atoms with van der Waals surface area (Å²) in [6, 6.07) is 26.8. The van der Waals surface area contributed by atoms with E-state index in [9.17, 15) is 4.79 Å². The summed E-state index contributed by atoms with van der Waals surface area (Å²) < 4.78 is 10.9. The molecule has 0 saturated carbocycles. The molecule has 0 spiro atoms. The van der Waals surface area contributed by atoms with Gasteiger partial charge in [0, 0.05) is 0 Å². The Morgan fingerprint density at radius 3 is 2.11 bits per heavy atom. The fourth-order valence-electron chi connectivity index (χ4n) is 4.78. The molecule has 28 heavy (non-hydrogen) atoms. The van der Waals surface area contributed by atoms with Gasteiger partial charge < -0.3 is 9.47 Å². The van der Waals surface area contributed by atoms with Crippen molar-refractivity contribution in [2.75, 3.05) is 20.4 Å². The maximum atomic E-state index is 12.6. The Balaban J connectivity index is 1.86. The van der Waals surface area contributed by atoms with Gasteiger partial charge in [-0.25, -0.2) is 4.90 Å². The van der Waals surface area contributed by atoms with Crippen molar-refractivity contribution in [1.82, 2.24) is 4.90 Å². The van der Waals surface area contributed by atoms with Crippen molar-refractivity contribution in [3.05, 3.63) is 95.6 Å². The molecule has 3 aromatic carbocycles. The number of rotatable bonds is 3. The first kappa shape index (κ1) is 17.2. The van der Waals surface area contributed by atoms with Gasteiger partial charge in [0.1, 0.15) is 18.3 Å². The Morgan fingerprint density at radius 1 is 0.929 bits per heavy atom. The molecular formula is C24H21NO3. The number of nitrogens with zero attached hydrogens (tertiary/aromatic N) is 1. The van der Waals surface area contributed by atoms with E-state index in [-0.39, 0.29) is 5.97 Å². The summed E-state index contributed by atoms with van der Waals surface area (Å²) in [4.78, 5) is 14.8. The van der Waals surface area contributed by atoms with E-state index in [1.54, 1.807) is 0 Å². The van der Waals surface area contributed by atoms with Gasteiger partial charge in [0.2, 0.25) is 0 Å². The lowest BCUT2D eigenvalue weighted by molar-refractivity contribution is -0.146. The van der Waals surface area contributed by atoms with Crippen LogP contribution in [0.3, 0.4) is 0 Å². The minimum absolute atomic E-state index is 0.269. The van der Waals surface area contributed by atoms with Crippen LogP contribution in [-0.2, 0) is 19.8 Å². The van der Waals surface area contributed by atoms with Gasteiger partial charge in [-0.05, 0) is 27.8 Å². The molecule has 0 bridgehead atoms. The fourth-order valence-corrected chi connectivity index (χ4v) is 4.78. The normalized spacial score (nSPS) is 19.8. The van der Waals surface area contributed by atoms with Gasteiger partial charge in [-0.2, -0.15) is 0 Å². The average molecular weight is 371 g/mol. The van der Waals surface area contributed by atoms with E-state index < -0.39 is 11.6 Å². The van der Waals surface area contributed by atoms with Crippen LogP contribution >= 0.6 is 0 Å². The molecule has 1 fully saturated rings. The van der Waals surface area contributed by atoms with Gasteiger partial charge in [-0.3, -0.25) is 4.79 Å². The van der Waals surface area contributed by atoms with Crippen LogP contribution in [0.1, 0.15) is 16.7 Å². The van der Waals surface area contributed by atoms with E-state index in [4.69, 9.17) is 9.47 Å². The maximum Gasteiger partial charge on any atom is 0.325 e. The molecule has 1 aliphatic carbocycles. The first-order valence-electron chi connectivity index (χ1n) is 9.45. The maximum absolute atomic E-state index is 12.6. The number of ether oxygens (including phenoxy) is 2. The van der Waals surface area contributed by atoms with Gasteiger partial charge in [0.05, 0.1) is 13.7 Å². The molecule has 3 aromatic rings. The summed E-state index contributed by atoms with van der Waals surface area (Å²) in [6.07, 6.45) is 0. The Morgan fingerprint density at radius 2 is 1.50 bits per heavy atom. The van der Waals surface area contributed by atoms with Gasteiger partial charge >= 0.3 is 5.97 Å². The predicted molar refractivity (Wildman–Crippen MR) is 107 cm³/mol. The molecule has 0 N–H and O–H groups in total. The van der Waals surface area contributed by atoms with E-state index in [0.29, 0.717) is 13.3 Å². The van der Waals surface area contributed by atoms with E-state index in [2.05, 4.69) is 65.6 Å². The Kier molecular flexibility index (Phi) is 4.04. The van der Waals surface area contributed by atoms with Crippen LogP contribution in [0.5, 0.6) is 0 Å². The summed E-state index contributed by atoms with van der Waals surface area (Å²) in [5, 5.41) is 0. The molecule has 0 radical (unpaired) electrons. The molecule has 1 heterocycles. The van der Waals surface area contributed by atoms with Gasteiger partial charge in [0.15, 0.2) is 0 Å². The standard InChI is InChI=1S/C24H21NO3/c1-27-23(26)22-15-28-16-25(22)24(17-9-3-2-4-10-17)20-13-7-5-11-18(20)19-12-6-8-14-21(19)24/h2-14,22H,15-16H2,1H3/t22-/m1/s1. The van der Waals surface area contributed by atoms with Crippen LogP contribution in [0.4, 0.5) is 0 Å². The fraction of sp³-hybridized carbons (Fsp3) is 0.208. The highest BCUT2D eigenvalue weighted by Crippen LogP contribution is 2.55. The molecule has 4 heteroatoms. The number of methoxy groups -OCH3 is 1. The van der Waals surface area contributed by atoms with Crippen molar-refractivity contribution in [3.63, 3.8) is 0 Å². The highest BCUT2D eigenvalue weighted by Gasteiger charge is 2.54. The molecule has 1 aliphatic heterocycles. The second-order valence-electron chi connectivity index (χ2n) is 7.18. The van der Waals surface area contributed by atoms with E-state index >= 15 is 0 Å². The summed E-state index contributed by atoms with van der Waals surface area (Å²) in [5.41, 5.74) is 5.23. The molecule has 1 atom stereocenters. The molecule has 0 amide bonds. The van der Waals surface area contributed by atoms with Crippen molar-refractivity contribution in [3.8, 4) is 11.1 Å². The van der Waals surface area contributed by atoms with Crippen molar-refractivity contribution >= 4 is 5.97 Å². The lowest BCUT2D eigenvalue weighted by Gasteiger charge is -2.42. The van der Waals surface area contributed by atoms with Gasteiger partial charge in [0.25, 0.3) is 0 Å². The Labute approximate surface area is 164 Å². The molecule has 0 unspecified atom stereocenters. The molecule has 0 aromatic heterocycles. The second-order valence-corrected chi connectivity index (χ2v) is 7.18. The lowest BCUT2D eigenvalue weighted by Crippen LogP contribution is -2.52. The second kappa shape index (κ2) is 6.59. The molecule has 5 rings (SSSR count). The smallest absolute Gasteiger partial charge is 0.325 e. The molecule has 140 valence electrons. The van der Waals surface area contributed by atoms with Crippen molar-refractivity contribution < 1.29 is 14.3 Å². The van der Waals surface area contributed by atoms with Gasteiger partial charge in [-0.15, -0.1) is 0 Å². The zero-order valence-corrected chi connectivity index (χ0v) is 15.7. The zero-order valence-electron chi connectivity index (χ0n) is 15.7. The monoisotopic (exact) mass is 371 g/mol. The Bertz CT molecular complexity index is 985. The van der Waals surface area contributed by atoms with Crippen LogP contribution in [0.15, 0.2) is 78.9 Å². The first-order valence-corrected chi connectivity index (χ1v) is 9.45. The largest absolute Gasteiger partial charge is 0.468 e. The average Bonchev–Trinajstić information content (AvgIpc) is 3.36. The van der Waals surface area contributed by atoms with Crippen molar-refractivity contribution in [2.24, 2.45) is 0 Å². The van der Waals surface area contributed by atoms with Gasteiger partial charge in [-0.1, -0.05) is 78.9 Å². The summed E-state index contributed by atoms with van der Waals surface area (Å²) >= 11 is 0. The summed E-state index contributed by atoms with van der Waals surface area (Å²) in [7, 11) is 1.44. The van der Waals surface area contributed by atoms with E-state index in [1.165, 1.54) is 29.4 Å². The molecular weight excluding hydrogens is 350 g/mol. The number of carbonyl (C=O) groups excluding carboxylic acids is 1. The van der Waals surface area contributed by atoms with E-state index in [1.807, 2.05) is 18.2 Å². The number of hydrogen-bond donors (Lipinski definition) is 0. The van der Waals surface area contributed by atoms with Crippen LogP contribution in [-0.4, -0.2) is 37.4 Å². The third-order valence-electron chi connectivity index (χ3n) is 5.90. The molecule has 4 nitrogen and oxygen atoms in total. The van der Waals surface area contributed by atoms with Crippen LogP contribution in [0.2, 0.25) is 0 Å². The van der Waals surface area contributed by atoms with E-state index in [0.717, 1.165) is 5.56 Å². The number of esters is 1. The Hall–Kier alpha value is -2.95. The highest BCUT2D eigenvalue weighted by atomic mass is 16.5. The SMILES string of the molecule is COC(=O)[C@H]1COCN1C1(c2ccccc2)c2ccccc2-c2ccccc21. The minimum atomic E-state index is -0.607.